The van der Waals surface area contributed by atoms with Gasteiger partial charge in [-0.25, -0.2) is 9.37 Å². The first-order valence-corrected chi connectivity index (χ1v) is 7.40. The Morgan fingerprint density at radius 1 is 1.36 bits per heavy atom. The highest BCUT2D eigenvalue weighted by Gasteiger charge is 2.10. The number of benzene rings is 1. The fraction of sp³-hybridized carbons (Fsp3) is 0.214. The molecule has 0 fully saturated rings. The molecule has 0 radical (unpaired) electrons. The van der Waals surface area contributed by atoms with E-state index in [1.54, 1.807) is 18.2 Å². The zero-order chi connectivity index (χ0) is 15.5. The molecule has 0 bridgehead atoms. The summed E-state index contributed by atoms with van der Waals surface area (Å²) in [5.74, 6) is -0.168. The Hall–Kier alpha value is -2.48. The van der Waals surface area contributed by atoms with Crippen LogP contribution in [0.3, 0.4) is 0 Å². The number of aromatic nitrogens is 3. The quantitative estimate of drug-likeness (QED) is 0.717. The van der Waals surface area contributed by atoms with Crippen LogP contribution in [0.1, 0.15) is 0 Å². The lowest BCUT2D eigenvalue weighted by Crippen LogP contribution is -2.24. The Bertz CT molecular complexity index is 848. The van der Waals surface area contributed by atoms with E-state index >= 15 is 0 Å². The number of fused-ring (bicyclic) bond motifs is 1. The molecular weight excluding hydrogens is 307 g/mol. The third-order valence-corrected chi connectivity index (χ3v) is 4.04. The highest BCUT2D eigenvalue weighted by Crippen LogP contribution is 2.20. The van der Waals surface area contributed by atoms with Crippen LogP contribution in [0.15, 0.2) is 41.3 Å². The van der Waals surface area contributed by atoms with Gasteiger partial charge < -0.3 is 9.64 Å². The molecule has 0 saturated carbocycles. The van der Waals surface area contributed by atoms with E-state index < -0.39 is 0 Å². The van der Waals surface area contributed by atoms with Gasteiger partial charge >= 0.3 is 0 Å². The number of rotatable bonds is 5. The van der Waals surface area contributed by atoms with E-state index in [1.165, 1.54) is 34.2 Å². The molecule has 0 atom stereocenters. The predicted molar refractivity (Wildman–Crippen MR) is 82.3 cm³/mol. The summed E-state index contributed by atoms with van der Waals surface area (Å²) >= 11 is 1.31. The molecule has 0 unspecified atom stereocenters. The maximum atomic E-state index is 13.4. The number of halogens is 1. The van der Waals surface area contributed by atoms with E-state index in [0.29, 0.717) is 23.2 Å². The minimum absolute atomic E-state index is 0.219. The van der Waals surface area contributed by atoms with Crippen molar-refractivity contribution in [3.05, 3.63) is 52.7 Å². The molecule has 22 heavy (non-hydrogen) atoms. The van der Waals surface area contributed by atoms with Crippen LogP contribution in [0.5, 0.6) is 5.75 Å². The van der Waals surface area contributed by atoms with Gasteiger partial charge in [-0.1, -0.05) is 23.5 Å². The van der Waals surface area contributed by atoms with Crippen LogP contribution in [-0.2, 0) is 0 Å². The minimum atomic E-state index is -0.388. The SMILES string of the molecule is CN(CCOc1ccccc1F)c1nn2c(=O)ccnc2s1. The predicted octanol–water partition coefficient (Wildman–Crippen LogP) is 1.81. The van der Waals surface area contributed by atoms with Crippen LogP contribution < -0.4 is 15.2 Å². The summed E-state index contributed by atoms with van der Waals surface area (Å²) in [5, 5.41) is 4.86. The summed E-state index contributed by atoms with van der Waals surface area (Å²) < 4.78 is 20.1. The Labute approximate surface area is 129 Å². The largest absolute Gasteiger partial charge is 0.489 e. The highest BCUT2D eigenvalue weighted by atomic mass is 32.1. The molecule has 0 aliphatic rings. The van der Waals surface area contributed by atoms with Gasteiger partial charge in [-0.05, 0) is 12.1 Å². The van der Waals surface area contributed by atoms with Crippen molar-refractivity contribution in [2.75, 3.05) is 25.1 Å². The number of hydrogen-bond acceptors (Lipinski definition) is 6. The minimum Gasteiger partial charge on any atom is -0.489 e. The molecule has 0 saturated heterocycles. The van der Waals surface area contributed by atoms with Crippen molar-refractivity contribution < 1.29 is 9.13 Å². The molecule has 0 N–H and O–H groups in total. The van der Waals surface area contributed by atoms with Gasteiger partial charge in [-0.2, -0.15) is 4.52 Å². The molecule has 6 nitrogen and oxygen atoms in total. The average Bonchev–Trinajstić information content (AvgIpc) is 2.95. The van der Waals surface area contributed by atoms with E-state index in [-0.39, 0.29) is 17.1 Å². The van der Waals surface area contributed by atoms with Crippen molar-refractivity contribution in [1.29, 1.82) is 0 Å². The zero-order valence-electron chi connectivity index (χ0n) is 11.8. The Morgan fingerprint density at radius 3 is 2.95 bits per heavy atom. The number of hydrogen-bond donors (Lipinski definition) is 0. The summed E-state index contributed by atoms with van der Waals surface area (Å²) in [6.45, 7) is 0.804. The smallest absolute Gasteiger partial charge is 0.275 e. The van der Waals surface area contributed by atoms with Gasteiger partial charge in [0.15, 0.2) is 11.6 Å². The third kappa shape index (κ3) is 2.91. The van der Waals surface area contributed by atoms with Crippen molar-refractivity contribution in [2.45, 2.75) is 0 Å². The van der Waals surface area contributed by atoms with Gasteiger partial charge in [-0.15, -0.1) is 5.10 Å². The topological polar surface area (TPSA) is 59.7 Å². The maximum Gasteiger partial charge on any atom is 0.275 e. The van der Waals surface area contributed by atoms with Crippen LogP contribution in [-0.4, -0.2) is 34.8 Å². The molecule has 0 aliphatic carbocycles. The molecule has 2 heterocycles. The lowest BCUT2D eigenvalue weighted by molar-refractivity contribution is 0.309. The molecule has 3 rings (SSSR count). The van der Waals surface area contributed by atoms with E-state index in [2.05, 4.69) is 10.1 Å². The highest BCUT2D eigenvalue weighted by molar-refractivity contribution is 7.20. The van der Waals surface area contributed by atoms with Gasteiger partial charge in [-0.3, -0.25) is 4.79 Å². The van der Waals surface area contributed by atoms with E-state index in [0.717, 1.165) is 0 Å². The number of ether oxygens (including phenoxy) is 1. The first-order valence-electron chi connectivity index (χ1n) is 6.58. The van der Waals surface area contributed by atoms with Crippen LogP contribution in [0.25, 0.3) is 4.96 Å². The lowest BCUT2D eigenvalue weighted by atomic mass is 10.3. The Balaban J connectivity index is 1.66. The summed E-state index contributed by atoms with van der Waals surface area (Å²) in [6, 6.07) is 7.62. The van der Waals surface area contributed by atoms with Crippen LogP contribution in [0, 0.1) is 5.82 Å². The molecule has 1 aromatic carbocycles. The van der Waals surface area contributed by atoms with Gasteiger partial charge in [0.25, 0.3) is 5.56 Å². The van der Waals surface area contributed by atoms with Gasteiger partial charge in [0.05, 0.1) is 6.54 Å². The molecule has 8 heteroatoms. The number of nitrogens with zero attached hydrogens (tertiary/aromatic N) is 4. The fourth-order valence-corrected chi connectivity index (χ4v) is 2.70. The summed E-state index contributed by atoms with van der Waals surface area (Å²) in [7, 11) is 1.83. The Kier molecular flexibility index (Phi) is 4.01. The van der Waals surface area contributed by atoms with Crippen molar-refractivity contribution in [3.63, 3.8) is 0 Å². The number of likely N-dealkylation sites (N-methyl/N-ethyl adjacent to an activating group) is 1. The second-order valence-corrected chi connectivity index (χ2v) is 5.50. The summed E-state index contributed by atoms with van der Waals surface area (Å²) in [4.78, 5) is 18.1. The Morgan fingerprint density at radius 2 is 2.18 bits per heavy atom. The first-order chi connectivity index (χ1) is 10.6. The third-order valence-electron chi connectivity index (χ3n) is 3.01. The molecule has 0 spiro atoms. The molecular formula is C14H13FN4O2S. The van der Waals surface area contributed by atoms with Gasteiger partial charge in [0.1, 0.15) is 6.61 Å². The molecule has 3 aromatic rings. The normalized spacial score (nSPS) is 10.8. The van der Waals surface area contributed by atoms with Crippen LogP contribution in [0.4, 0.5) is 9.52 Å². The van der Waals surface area contributed by atoms with Crippen LogP contribution >= 0.6 is 11.3 Å². The number of anilines is 1. The lowest BCUT2D eigenvalue weighted by Gasteiger charge is -2.15. The maximum absolute atomic E-state index is 13.4. The monoisotopic (exact) mass is 320 g/mol. The molecule has 0 aliphatic heterocycles. The second kappa shape index (κ2) is 6.10. The fourth-order valence-electron chi connectivity index (χ4n) is 1.84. The second-order valence-electron chi connectivity index (χ2n) is 4.56. The van der Waals surface area contributed by atoms with Crippen molar-refractivity contribution in [1.82, 2.24) is 14.6 Å². The summed E-state index contributed by atoms with van der Waals surface area (Å²) in [6.07, 6.45) is 1.46. The van der Waals surface area contributed by atoms with Gasteiger partial charge in [0, 0.05) is 19.3 Å². The van der Waals surface area contributed by atoms with Crippen LogP contribution in [0.2, 0.25) is 0 Å². The molecule has 114 valence electrons. The summed E-state index contributed by atoms with van der Waals surface area (Å²) in [5.41, 5.74) is -0.219. The molecule has 2 aromatic heterocycles. The number of para-hydroxylation sites is 1. The van der Waals surface area contributed by atoms with E-state index in [4.69, 9.17) is 4.74 Å². The van der Waals surface area contributed by atoms with Crippen molar-refractivity contribution in [3.8, 4) is 5.75 Å². The van der Waals surface area contributed by atoms with E-state index in [9.17, 15) is 9.18 Å². The van der Waals surface area contributed by atoms with E-state index in [1.807, 2.05) is 11.9 Å². The first kappa shape index (κ1) is 14.5. The molecule has 0 amide bonds. The standard InChI is InChI=1S/C14H13FN4O2S/c1-18(8-9-21-11-5-3-2-4-10(11)15)14-17-19-12(20)6-7-16-13(19)22-14/h2-7H,8-9H2,1H3. The van der Waals surface area contributed by atoms with Gasteiger partial charge in [0.2, 0.25) is 10.1 Å². The van der Waals surface area contributed by atoms with Crippen molar-refractivity contribution in [2.24, 2.45) is 0 Å². The average molecular weight is 320 g/mol. The zero-order valence-corrected chi connectivity index (χ0v) is 12.6. The van der Waals surface area contributed by atoms with Crippen molar-refractivity contribution >= 4 is 21.4 Å².